The Balaban J connectivity index is 1.42. The van der Waals surface area contributed by atoms with Gasteiger partial charge in [0, 0.05) is 27.4 Å². The SMILES string of the molecule is Cc1cccc2ncnc(O/N=C(\C=C\c3ccccn3)/C=C/c3ccccc3OCc3ccc(Cl)cc3Cl)c12. The molecule has 2 aromatic heterocycles. The van der Waals surface area contributed by atoms with E-state index in [1.807, 2.05) is 98.0 Å². The van der Waals surface area contributed by atoms with Crippen LogP contribution in [0, 0.1) is 6.92 Å². The van der Waals surface area contributed by atoms with Crippen molar-refractivity contribution in [2.45, 2.75) is 13.5 Å². The van der Waals surface area contributed by atoms with E-state index in [0.717, 1.165) is 33.3 Å². The minimum absolute atomic E-state index is 0.296. The number of fused-ring (bicyclic) bond motifs is 1. The standard InChI is InChI=1S/C32H24Cl2N4O2/c1-22-7-6-10-29-31(22)32(37-21-36-29)40-38-27(17-16-26-9-4-5-18-35-26)15-13-23-8-2-3-11-30(23)39-20-24-12-14-25(33)19-28(24)34/h2-19,21H,20H2,1H3/b15-13+,17-16+,38-27-. The average molecular weight is 567 g/mol. The molecule has 0 N–H and O–H groups in total. The summed E-state index contributed by atoms with van der Waals surface area (Å²) in [6.45, 7) is 2.28. The summed E-state index contributed by atoms with van der Waals surface area (Å²) >= 11 is 12.3. The number of allylic oxidation sites excluding steroid dienone is 2. The third-order valence-corrected chi connectivity index (χ3v) is 6.52. The summed E-state index contributed by atoms with van der Waals surface area (Å²) in [5.41, 5.74) is 4.81. The molecule has 0 aliphatic heterocycles. The van der Waals surface area contributed by atoms with E-state index >= 15 is 0 Å². The zero-order valence-electron chi connectivity index (χ0n) is 21.5. The van der Waals surface area contributed by atoms with Crippen LogP contribution in [0.15, 0.2) is 109 Å². The van der Waals surface area contributed by atoms with E-state index in [1.54, 1.807) is 18.3 Å². The molecule has 0 aliphatic rings. The molecule has 0 radical (unpaired) electrons. The van der Waals surface area contributed by atoms with Crippen LogP contribution in [-0.2, 0) is 6.61 Å². The van der Waals surface area contributed by atoms with Crippen molar-refractivity contribution in [3.05, 3.63) is 136 Å². The molecule has 0 atom stereocenters. The van der Waals surface area contributed by atoms with Gasteiger partial charge in [-0.2, -0.15) is 4.98 Å². The predicted molar refractivity (Wildman–Crippen MR) is 162 cm³/mol. The first-order valence-electron chi connectivity index (χ1n) is 12.4. The Morgan fingerprint density at radius 3 is 2.58 bits per heavy atom. The lowest BCUT2D eigenvalue weighted by Gasteiger charge is -2.10. The van der Waals surface area contributed by atoms with Crippen molar-refractivity contribution in [2.24, 2.45) is 5.16 Å². The van der Waals surface area contributed by atoms with Crippen molar-refractivity contribution < 1.29 is 9.57 Å². The van der Waals surface area contributed by atoms with Gasteiger partial charge in [0.15, 0.2) is 0 Å². The molecule has 0 fully saturated rings. The van der Waals surface area contributed by atoms with Gasteiger partial charge in [0.25, 0.3) is 5.88 Å². The Bertz CT molecular complexity index is 1710. The first-order valence-corrected chi connectivity index (χ1v) is 13.2. The van der Waals surface area contributed by atoms with E-state index in [9.17, 15) is 0 Å². The molecule has 8 heteroatoms. The number of hydrogen-bond acceptors (Lipinski definition) is 6. The predicted octanol–water partition coefficient (Wildman–Crippen LogP) is 8.38. The number of ether oxygens (including phenoxy) is 1. The molecule has 40 heavy (non-hydrogen) atoms. The lowest BCUT2D eigenvalue weighted by Crippen LogP contribution is -1.99. The molecule has 0 amide bonds. The fourth-order valence-electron chi connectivity index (χ4n) is 3.89. The molecule has 5 rings (SSSR count). The minimum Gasteiger partial charge on any atom is -0.488 e. The monoisotopic (exact) mass is 566 g/mol. The van der Waals surface area contributed by atoms with E-state index in [0.29, 0.717) is 34.0 Å². The summed E-state index contributed by atoms with van der Waals surface area (Å²) in [6, 6.07) is 24.6. The summed E-state index contributed by atoms with van der Waals surface area (Å²) in [5, 5.41) is 6.36. The second-order valence-electron chi connectivity index (χ2n) is 8.74. The average Bonchev–Trinajstić information content (AvgIpc) is 2.97. The highest BCUT2D eigenvalue weighted by molar-refractivity contribution is 6.35. The number of oxime groups is 1. The molecule has 0 bridgehead atoms. The van der Waals surface area contributed by atoms with Crippen LogP contribution in [0.3, 0.4) is 0 Å². The molecule has 2 heterocycles. The minimum atomic E-state index is 0.296. The highest BCUT2D eigenvalue weighted by atomic mass is 35.5. The first kappa shape index (κ1) is 27.1. The van der Waals surface area contributed by atoms with Gasteiger partial charge in [0.05, 0.1) is 16.6 Å². The highest BCUT2D eigenvalue weighted by Gasteiger charge is 2.09. The smallest absolute Gasteiger partial charge is 0.259 e. The largest absolute Gasteiger partial charge is 0.488 e. The third kappa shape index (κ3) is 6.91. The van der Waals surface area contributed by atoms with Crippen LogP contribution in [0.5, 0.6) is 11.6 Å². The Morgan fingerprint density at radius 2 is 1.73 bits per heavy atom. The number of rotatable bonds is 9. The van der Waals surface area contributed by atoms with Crippen molar-refractivity contribution in [3.63, 3.8) is 0 Å². The molecule has 0 saturated carbocycles. The number of nitrogens with zero attached hydrogens (tertiary/aromatic N) is 4. The molecule has 5 aromatic rings. The number of aromatic nitrogens is 3. The van der Waals surface area contributed by atoms with Crippen molar-refractivity contribution in [2.75, 3.05) is 0 Å². The van der Waals surface area contributed by atoms with Gasteiger partial charge in [-0.15, -0.1) is 0 Å². The summed E-state index contributed by atoms with van der Waals surface area (Å²) < 4.78 is 6.10. The molecule has 6 nitrogen and oxygen atoms in total. The maximum Gasteiger partial charge on any atom is 0.259 e. The van der Waals surface area contributed by atoms with Crippen molar-refractivity contribution in [1.82, 2.24) is 15.0 Å². The van der Waals surface area contributed by atoms with Gasteiger partial charge in [0.2, 0.25) is 0 Å². The molecule has 0 unspecified atom stereocenters. The first-order chi connectivity index (χ1) is 19.6. The van der Waals surface area contributed by atoms with E-state index in [1.165, 1.54) is 6.33 Å². The lowest BCUT2D eigenvalue weighted by atomic mass is 10.1. The zero-order valence-corrected chi connectivity index (χ0v) is 23.0. The van der Waals surface area contributed by atoms with Gasteiger partial charge in [-0.25, -0.2) is 4.98 Å². The summed E-state index contributed by atoms with van der Waals surface area (Å²) in [4.78, 5) is 18.9. The van der Waals surface area contributed by atoms with E-state index in [4.69, 9.17) is 32.8 Å². The number of pyridine rings is 1. The van der Waals surface area contributed by atoms with Crippen LogP contribution in [0.1, 0.15) is 22.4 Å². The Morgan fingerprint density at radius 1 is 0.875 bits per heavy atom. The van der Waals surface area contributed by atoms with Crippen LogP contribution >= 0.6 is 23.2 Å². The topological polar surface area (TPSA) is 69.5 Å². The summed E-state index contributed by atoms with van der Waals surface area (Å²) in [7, 11) is 0. The van der Waals surface area contributed by atoms with Crippen LogP contribution < -0.4 is 9.57 Å². The van der Waals surface area contributed by atoms with E-state index in [-0.39, 0.29) is 0 Å². The normalized spacial score (nSPS) is 11.9. The van der Waals surface area contributed by atoms with Crippen molar-refractivity contribution in [3.8, 4) is 11.6 Å². The van der Waals surface area contributed by atoms with Crippen molar-refractivity contribution in [1.29, 1.82) is 0 Å². The fourth-order valence-corrected chi connectivity index (χ4v) is 4.36. The van der Waals surface area contributed by atoms with Gasteiger partial charge in [-0.05, 0) is 73.2 Å². The molecule has 198 valence electrons. The summed E-state index contributed by atoms with van der Waals surface area (Å²) in [6.07, 6.45) is 10.6. The summed E-state index contributed by atoms with van der Waals surface area (Å²) in [5.74, 6) is 1.07. The van der Waals surface area contributed by atoms with Gasteiger partial charge >= 0.3 is 0 Å². The number of halogens is 2. The second-order valence-corrected chi connectivity index (χ2v) is 9.58. The molecule has 0 saturated heterocycles. The quantitative estimate of drug-likeness (QED) is 0.132. The van der Waals surface area contributed by atoms with Gasteiger partial charge in [-0.1, -0.05) is 70.8 Å². The van der Waals surface area contributed by atoms with E-state index < -0.39 is 0 Å². The van der Waals surface area contributed by atoms with Crippen LogP contribution in [0.4, 0.5) is 0 Å². The maximum absolute atomic E-state index is 6.33. The number of para-hydroxylation sites is 1. The number of hydrogen-bond donors (Lipinski definition) is 0. The molecule has 3 aromatic carbocycles. The fraction of sp³-hybridized carbons (Fsp3) is 0.0625. The van der Waals surface area contributed by atoms with Crippen LogP contribution in [0.2, 0.25) is 10.0 Å². The Hall–Kier alpha value is -4.52. The van der Waals surface area contributed by atoms with Crippen LogP contribution in [-0.4, -0.2) is 20.7 Å². The molecular weight excluding hydrogens is 543 g/mol. The number of benzene rings is 3. The molecular formula is C32H24Cl2N4O2. The zero-order chi connectivity index (χ0) is 27.7. The Labute approximate surface area is 242 Å². The maximum atomic E-state index is 6.33. The van der Waals surface area contributed by atoms with E-state index in [2.05, 4.69) is 20.1 Å². The highest BCUT2D eigenvalue weighted by Crippen LogP contribution is 2.26. The van der Waals surface area contributed by atoms with Gasteiger partial charge in [0.1, 0.15) is 24.4 Å². The molecule has 0 aliphatic carbocycles. The van der Waals surface area contributed by atoms with Gasteiger partial charge in [-0.3, -0.25) is 4.98 Å². The van der Waals surface area contributed by atoms with Crippen molar-refractivity contribution >= 4 is 52.0 Å². The van der Waals surface area contributed by atoms with Gasteiger partial charge < -0.3 is 9.57 Å². The third-order valence-electron chi connectivity index (χ3n) is 5.94. The second kappa shape index (κ2) is 13.0. The molecule has 0 spiro atoms. The van der Waals surface area contributed by atoms with Crippen LogP contribution in [0.25, 0.3) is 23.1 Å². The lowest BCUT2D eigenvalue weighted by molar-refractivity contribution is 0.305. The number of aryl methyl sites for hydroxylation is 1. The Kier molecular flexibility index (Phi) is 8.81.